The lowest BCUT2D eigenvalue weighted by molar-refractivity contribution is -0.119. The molecule has 8 aromatic rings. The standard InChI is InChI=1S/C39H29FN6O5S/c1-24(47)44-38(34-20-27-22-41-18-17-33(27)46(34)52(49,50)29-7-3-2-4-8-29)45-37(26-12-14-28(40)15-13-26)43-23-32(39(45)48)42-21-25-11-16-36-31(19-25)30-9-5-6-10-35(30)51-36/h2-20,22-23,38,42H,21H2,1H3,(H,44,47). The van der Waals surface area contributed by atoms with Crippen molar-refractivity contribution in [1.82, 2.24) is 23.8 Å². The Balaban J connectivity index is 1.30. The summed E-state index contributed by atoms with van der Waals surface area (Å²) in [5.41, 5.74) is 2.49. The molecule has 0 aliphatic heterocycles. The minimum atomic E-state index is -4.29. The third kappa shape index (κ3) is 5.76. The fourth-order valence-electron chi connectivity index (χ4n) is 6.39. The highest BCUT2D eigenvalue weighted by atomic mass is 32.2. The molecule has 4 aromatic carbocycles. The molecule has 0 bridgehead atoms. The zero-order chi connectivity index (χ0) is 36.0. The van der Waals surface area contributed by atoms with Gasteiger partial charge < -0.3 is 15.1 Å². The molecule has 4 aromatic heterocycles. The van der Waals surface area contributed by atoms with Crippen LogP contribution in [0.2, 0.25) is 0 Å². The summed E-state index contributed by atoms with van der Waals surface area (Å²) in [6.45, 7) is 1.49. The number of carbonyl (C=O) groups excluding carboxylic acids is 1. The monoisotopic (exact) mass is 712 g/mol. The van der Waals surface area contributed by atoms with Gasteiger partial charge in [0.05, 0.1) is 22.3 Å². The van der Waals surface area contributed by atoms with Crippen molar-refractivity contribution >= 4 is 54.5 Å². The number of nitrogens with one attached hydrogen (secondary N) is 2. The van der Waals surface area contributed by atoms with Crippen LogP contribution < -0.4 is 16.2 Å². The van der Waals surface area contributed by atoms with E-state index in [1.807, 2.05) is 42.5 Å². The Labute approximate surface area is 296 Å². The van der Waals surface area contributed by atoms with Crippen LogP contribution in [-0.2, 0) is 21.4 Å². The maximum absolute atomic E-state index is 14.7. The first-order chi connectivity index (χ1) is 25.2. The molecular weight excluding hydrogens is 684 g/mol. The number of carbonyl (C=O) groups is 1. The van der Waals surface area contributed by atoms with E-state index in [9.17, 15) is 22.4 Å². The van der Waals surface area contributed by atoms with Crippen molar-refractivity contribution in [2.24, 2.45) is 0 Å². The van der Waals surface area contributed by atoms with Gasteiger partial charge in [0.2, 0.25) is 5.91 Å². The van der Waals surface area contributed by atoms with E-state index >= 15 is 0 Å². The highest BCUT2D eigenvalue weighted by Gasteiger charge is 2.31. The van der Waals surface area contributed by atoms with Gasteiger partial charge in [0, 0.05) is 47.6 Å². The van der Waals surface area contributed by atoms with Gasteiger partial charge in [-0.3, -0.25) is 19.1 Å². The quantitative estimate of drug-likeness (QED) is 0.166. The number of halogens is 1. The Bertz CT molecular complexity index is 2810. The van der Waals surface area contributed by atoms with Crippen molar-refractivity contribution in [1.29, 1.82) is 0 Å². The minimum absolute atomic E-state index is 0.00541. The van der Waals surface area contributed by atoms with Gasteiger partial charge >= 0.3 is 0 Å². The Hall–Kier alpha value is -6.60. The second-order valence-electron chi connectivity index (χ2n) is 12.1. The van der Waals surface area contributed by atoms with Gasteiger partial charge in [0.25, 0.3) is 15.6 Å². The molecule has 258 valence electrons. The number of para-hydroxylation sites is 1. The lowest BCUT2D eigenvalue weighted by Gasteiger charge is -2.26. The molecule has 0 fully saturated rings. The molecule has 0 saturated carbocycles. The number of rotatable bonds is 9. The molecular formula is C39H29FN6O5S. The van der Waals surface area contributed by atoms with Crippen molar-refractivity contribution < 1.29 is 22.0 Å². The largest absolute Gasteiger partial charge is 0.456 e. The molecule has 0 aliphatic carbocycles. The maximum Gasteiger partial charge on any atom is 0.279 e. The van der Waals surface area contributed by atoms with E-state index in [1.165, 1.54) is 66.5 Å². The van der Waals surface area contributed by atoms with Gasteiger partial charge in [-0.25, -0.2) is 21.8 Å². The van der Waals surface area contributed by atoms with Gasteiger partial charge in [-0.2, -0.15) is 0 Å². The molecule has 2 N–H and O–H groups in total. The Morgan fingerprint density at radius 1 is 0.885 bits per heavy atom. The van der Waals surface area contributed by atoms with E-state index in [4.69, 9.17) is 4.42 Å². The zero-order valence-corrected chi connectivity index (χ0v) is 28.3. The molecule has 13 heteroatoms. The molecule has 52 heavy (non-hydrogen) atoms. The summed E-state index contributed by atoms with van der Waals surface area (Å²) in [4.78, 5) is 36.4. The highest BCUT2D eigenvalue weighted by molar-refractivity contribution is 7.90. The Morgan fingerprint density at radius 2 is 1.63 bits per heavy atom. The van der Waals surface area contributed by atoms with Gasteiger partial charge in [0.1, 0.15) is 28.5 Å². The lowest BCUT2D eigenvalue weighted by Crippen LogP contribution is -2.41. The molecule has 0 aliphatic rings. The fourth-order valence-corrected chi connectivity index (χ4v) is 7.96. The number of hydrogen-bond acceptors (Lipinski definition) is 8. The normalized spacial score (nSPS) is 12.3. The summed E-state index contributed by atoms with van der Waals surface area (Å²) < 4.78 is 51.1. The van der Waals surface area contributed by atoms with Crippen LogP contribution in [0.1, 0.15) is 24.3 Å². The summed E-state index contributed by atoms with van der Waals surface area (Å²) >= 11 is 0. The summed E-state index contributed by atoms with van der Waals surface area (Å²) in [7, 11) is -4.29. The van der Waals surface area contributed by atoms with Crippen LogP contribution in [0.3, 0.4) is 0 Å². The first-order valence-corrected chi connectivity index (χ1v) is 17.7. The van der Waals surface area contributed by atoms with Crippen molar-refractivity contribution in [3.05, 3.63) is 155 Å². The lowest BCUT2D eigenvalue weighted by atomic mass is 10.1. The molecule has 0 spiro atoms. The van der Waals surface area contributed by atoms with Gasteiger partial charge in [-0.1, -0.05) is 42.5 Å². The van der Waals surface area contributed by atoms with Crippen LogP contribution in [0.15, 0.2) is 142 Å². The average molecular weight is 713 g/mol. The van der Waals surface area contributed by atoms with E-state index in [0.717, 1.165) is 31.5 Å². The molecule has 0 saturated heterocycles. The predicted octanol–water partition coefficient (Wildman–Crippen LogP) is 6.83. The number of fused-ring (bicyclic) bond motifs is 4. The number of benzene rings is 4. The third-order valence-electron chi connectivity index (χ3n) is 8.76. The van der Waals surface area contributed by atoms with Crippen LogP contribution in [0, 0.1) is 5.82 Å². The molecule has 0 radical (unpaired) electrons. The van der Waals surface area contributed by atoms with Crippen LogP contribution >= 0.6 is 0 Å². The van der Waals surface area contributed by atoms with Crippen molar-refractivity contribution in [3.63, 3.8) is 0 Å². The van der Waals surface area contributed by atoms with E-state index in [-0.39, 0.29) is 34.2 Å². The Kier molecular flexibility index (Phi) is 8.11. The summed E-state index contributed by atoms with van der Waals surface area (Å²) in [5, 5.41) is 8.32. The van der Waals surface area contributed by atoms with Gasteiger partial charge in [-0.15, -0.1) is 0 Å². The fraction of sp³-hybridized carbons (Fsp3) is 0.0769. The summed E-state index contributed by atoms with van der Waals surface area (Å²) in [5.74, 6) is -0.987. The van der Waals surface area contributed by atoms with Gasteiger partial charge in [0.15, 0.2) is 6.17 Å². The minimum Gasteiger partial charge on any atom is -0.456 e. The Morgan fingerprint density at radius 3 is 2.42 bits per heavy atom. The molecule has 8 rings (SSSR count). The van der Waals surface area contributed by atoms with Crippen molar-refractivity contribution in [3.8, 4) is 11.4 Å². The summed E-state index contributed by atoms with van der Waals surface area (Å²) in [6.07, 6.45) is 2.93. The number of nitrogens with zero attached hydrogens (tertiary/aromatic N) is 4. The molecule has 1 amide bonds. The number of furan rings is 1. The summed E-state index contributed by atoms with van der Waals surface area (Å²) in [6, 6.07) is 29.8. The number of amides is 1. The van der Waals surface area contributed by atoms with Crippen molar-refractivity contribution in [2.75, 3.05) is 5.32 Å². The van der Waals surface area contributed by atoms with Crippen LogP contribution in [0.4, 0.5) is 10.1 Å². The topological polar surface area (TPSA) is 141 Å². The first kappa shape index (κ1) is 32.6. The maximum atomic E-state index is 14.7. The molecule has 4 heterocycles. The second-order valence-corrected chi connectivity index (χ2v) is 13.9. The molecule has 11 nitrogen and oxygen atoms in total. The van der Waals surface area contributed by atoms with Crippen molar-refractivity contribution in [2.45, 2.75) is 24.5 Å². The SMILES string of the molecule is CC(=O)NC(c1cc2cnccc2n1S(=O)(=O)c1ccccc1)n1c(-c2ccc(F)cc2)ncc(NCc2ccc3oc4ccccc4c3c2)c1=O. The van der Waals surface area contributed by atoms with E-state index in [1.54, 1.807) is 30.3 Å². The zero-order valence-electron chi connectivity index (χ0n) is 27.5. The van der Waals surface area contributed by atoms with E-state index < -0.39 is 33.5 Å². The molecule has 1 atom stereocenters. The second kappa shape index (κ2) is 12.9. The third-order valence-corrected chi connectivity index (χ3v) is 10.5. The smallest absolute Gasteiger partial charge is 0.279 e. The molecule has 1 unspecified atom stereocenters. The van der Waals surface area contributed by atoms with Crippen LogP contribution in [-0.4, -0.2) is 32.8 Å². The highest BCUT2D eigenvalue weighted by Crippen LogP contribution is 2.32. The average Bonchev–Trinajstić information content (AvgIpc) is 3.73. The number of hydrogen-bond donors (Lipinski definition) is 2. The predicted molar refractivity (Wildman–Crippen MR) is 196 cm³/mol. The van der Waals surface area contributed by atoms with Gasteiger partial charge in [-0.05, 0) is 72.3 Å². The first-order valence-electron chi connectivity index (χ1n) is 16.2. The van der Waals surface area contributed by atoms with Crippen LogP contribution in [0.25, 0.3) is 44.2 Å². The van der Waals surface area contributed by atoms with E-state index in [0.29, 0.717) is 10.9 Å². The number of aromatic nitrogens is 4. The number of pyridine rings is 1. The van der Waals surface area contributed by atoms with E-state index in [2.05, 4.69) is 20.6 Å². The number of anilines is 1. The van der Waals surface area contributed by atoms with Crippen LogP contribution in [0.5, 0.6) is 0 Å².